The molecule has 0 aromatic heterocycles. The first-order valence-corrected chi connectivity index (χ1v) is 10.5. The molecule has 0 radical (unpaired) electrons. The van der Waals surface area contributed by atoms with Crippen molar-refractivity contribution in [2.45, 2.75) is 77.0 Å². The maximum absolute atomic E-state index is 11.1. The topological polar surface area (TPSA) is 17.1 Å². The van der Waals surface area contributed by atoms with Crippen LogP contribution in [0.1, 0.15) is 77.0 Å². The Hall–Kier alpha value is -0.770. The van der Waals surface area contributed by atoms with Gasteiger partial charge in [-0.1, -0.05) is 5.92 Å². The molecular weight excluding hydrogens is 292 g/mol. The zero-order chi connectivity index (χ0) is 16.4. The van der Waals surface area contributed by atoms with Gasteiger partial charge >= 0.3 is 0 Å². The van der Waals surface area contributed by atoms with Crippen molar-refractivity contribution in [2.24, 2.45) is 46.3 Å². The summed E-state index contributed by atoms with van der Waals surface area (Å²) in [5.41, 5.74) is 0.531. The molecule has 8 aliphatic rings. The van der Waals surface area contributed by atoms with Gasteiger partial charge in [0, 0.05) is 10.8 Å². The molecule has 0 spiro atoms. The standard InChI is InChI=1S/C12H16.C11H16O/c1-2-12-6-9-3-10(7-12)5-11(4-9)8-12;12-7-11-4-8-1-9(5-11)3-10(2-8)6-11/h1,9-11H,3-8H2;7-10H,1-6H2. The molecule has 8 fully saturated rings. The highest BCUT2D eigenvalue weighted by Gasteiger charge is 2.51. The largest absolute Gasteiger partial charge is 0.303 e. The molecule has 8 aliphatic carbocycles. The zero-order valence-corrected chi connectivity index (χ0v) is 15.0. The third-order valence-corrected chi connectivity index (χ3v) is 8.68. The van der Waals surface area contributed by atoms with Crippen molar-refractivity contribution < 1.29 is 4.79 Å². The van der Waals surface area contributed by atoms with Gasteiger partial charge in [-0.3, -0.25) is 0 Å². The Morgan fingerprint density at radius 1 is 0.667 bits per heavy atom. The van der Waals surface area contributed by atoms with Gasteiger partial charge in [0.15, 0.2) is 0 Å². The lowest BCUT2D eigenvalue weighted by atomic mass is 9.50. The summed E-state index contributed by atoms with van der Waals surface area (Å²) in [6.45, 7) is 0. The number of terminal acetylenes is 1. The summed E-state index contributed by atoms with van der Waals surface area (Å²) < 4.78 is 0. The minimum absolute atomic E-state index is 0.161. The molecule has 0 atom stereocenters. The van der Waals surface area contributed by atoms with E-state index in [4.69, 9.17) is 6.42 Å². The normalized spacial score (nSPS) is 55.6. The molecule has 0 amide bonds. The lowest BCUT2D eigenvalue weighted by Gasteiger charge is -2.54. The summed E-state index contributed by atoms with van der Waals surface area (Å²) in [6.07, 6.45) is 23.5. The van der Waals surface area contributed by atoms with Crippen LogP contribution >= 0.6 is 0 Å². The smallest absolute Gasteiger partial charge is 0.126 e. The van der Waals surface area contributed by atoms with E-state index < -0.39 is 0 Å². The van der Waals surface area contributed by atoms with Gasteiger partial charge in [-0.25, -0.2) is 0 Å². The van der Waals surface area contributed by atoms with Crippen LogP contribution in [-0.2, 0) is 4.79 Å². The molecule has 0 aliphatic heterocycles. The summed E-state index contributed by atoms with van der Waals surface area (Å²) in [5.74, 6) is 8.88. The van der Waals surface area contributed by atoms with E-state index in [0.29, 0.717) is 5.41 Å². The Kier molecular flexibility index (Phi) is 3.46. The van der Waals surface area contributed by atoms with Crippen LogP contribution in [-0.4, -0.2) is 6.29 Å². The third-order valence-electron chi connectivity index (χ3n) is 8.68. The van der Waals surface area contributed by atoms with E-state index in [1.54, 1.807) is 0 Å². The quantitative estimate of drug-likeness (QED) is 0.476. The fraction of sp³-hybridized carbons (Fsp3) is 0.870. The van der Waals surface area contributed by atoms with E-state index in [-0.39, 0.29) is 5.41 Å². The predicted molar refractivity (Wildman–Crippen MR) is 96.1 cm³/mol. The lowest BCUT2D eigenvalue weighted by Crippen LogP contribution is -2.46. The van der Waals surface area contributed by atoms with Gasteiger partial charge in [0.05, 0.1) is 0 Å². The molecular formula is C23H32O. The van der Waals surface area contributed by atoms with Crippen LogP contribution in [0.15, 0.2) is 0 Å². The van der Waals surface area contributed by atoms with Crippen LogP contribution in [0.5, 0.6) is 0 Å². The third kappa shape index (κ3) is 2.48. The van der Waals surface area contributed by atoms with E-state index in [1.807, 2.05) is 0 Å². The van der Waals surface area contributed by atoms with Crippen LogP contribution in [0.2, 0.25) is 0 Å². The Bertz CT molecular complexity index is 495. The van der Waals surface area contributed by atoms with E-state index >= 15 is 0 Å². The van der Waals surface area contributed by atoms with Crippen LogP contribution in [0.3, 0.4) is 0 Å². The van der Waals surface area contributed by atoms with Crippen molar-refractivity contribution in [1.82, 2.24) is 0 Å². The first kappa shape index (κ1) is 15.5. The van der Waals surface area contributed by atoms with E-state index in [0.717, 1.165) is 35.5 Å². The summed E-state index contributed by atoms with van der Waals surface area (Å²) >= 11 is 0. The molecule has 0 saturated heterocycles. The van der Waals surface area contributed by atoms with E-state index in [1.165, 1.54) is 83.3 Å². The summed E-state index contributed by atoms with van der Waals surface area (Å²) in [4.78, 5) is 11.1. The van der Waals surface area contributed by atoms with Crippen molar-refractivity contribution in [1.29, 1.82) is 0 Å². The Balaban J connectivity index is 0.000000109. The molecule has 0 aromatic rings. The number of aldehydes is 1. The predicted octanol–water partition coefficient (Wildman–Crippen LogP) is 5.24. The van der Waals surface area contributed by atoms with Crippen LogP contribution in [0.25, 0.3) is 0 Å². The maximum Gasteiger partial charge on any atom is 0.126 e. The fourth-order valence-electron chi connectivity index (χ4n) is 8.61. The number of carbonyl (C=O) groups excluding carboxylic acids is 1. The highest BCUT2D eigenvalue weighted by Crippen LogP contribution is 2.60. The first-order chi connectivity index (χ1) is 11.6. The van der Waals surface area contributed by atoms with Crippen LogP contribution in [0, 0.1) is 58.7 Å². The molecule has 130 valence electrons. The number of hydrogen-bond acceptors (Lipinski definition) is 1. The molecule has 8 bridgehead atoms. The highest BCUT2D eigenvalue weighted by atomic mass is 16.1. The average molecular weight is 325 g/mol. The SMILES string of the molecule is C#CC12CC3CC(CC(C3)C1)C2.O=CC12CC3CC(CC(C3)C1)C2. The average Bonchev–Trinajstić information content (AvgIpc) is 2.53. The van der Waals surface area contributed by atoms with Gasteiger partial charge in [-0.05, 0) is 113 Å². The molecule has 0 unspecified atom stereocenters. The highest BCUT2D eigenvalue weighted by molar-refractivity contribution is 5.60. The second-order valence-electron chi connectivity index (χ2n) is 10.7. The molecule has 1 heteroatoms. The second kappa shape index (κ2) is 5.36. The minimum Gasteiger partial charge on any atom is -0.303 e. The number of carbonyl (C=O) groups is 1. The first-order valence-electron chi connectivity index (χ1n) is 10.5. The van der Waals surface area contributed by atoms with Gasteiger partial charge in [0.25, 0.3) is 0 Å². The Labute approximate surface area is 147 Å². The zero-order valence-electron chi connectivity index (χ0n) is 15.0. The van der Waals surface area contributed by atoms with Gasteiger partial charge < -0.3 is 4.79 Å². The van der Waals surface area contributed by atoms with Crippen molar-refractivity contribution in [3.8, 4) is 12.3 Å². The Morgan fingerprint density at radius 3 is 1.29 bits per heavy atom. The molecule has 0 heterocycles. The maximum atomic E-state index is 11.1. The fourth-order valence-corrected chi connectivity index (χ4v) is 8.61. The summed E-state index contributed by atoms with van der Waals surface area (Å²) in [5, 5.41) is 0. The summed E-state index contributed by atoms with van der Waals surface area (Å²) in [7, 11) is 0. The van der Waals surface area contributed by atoms with Crippen molar-refractivity contribution in [2.75, 3.05) is 0 Å². The molecule has 1 nitrogen and oxygen atoms in total. The van der Waals surface area contributed by atoms with E-state index in [2.05, 4.69) is 5.92 Å². The lowest BCUT2D eigenvalue weighted by molar-refractivity contribution is -0.130. The number of rotatable bonds is 1. The van der Waals surface area contributed by atoms with Gasteiger partial charge in [-0.15, -0.1) is 6.42 Å². The van der Waals surface area contributed by atoms with Crippen molar-refractivity contribution in [3.05, 3.63) is 0 Å². The van der Waals surface area contributed by atoms with E-state index in [9.17, 15) is 4.79 Å². The minimum atomic E-state index is 0.161. The van der Waals surface area contributed by atoms with Gasteiger partial charge in [-0.2, -0.15) is 0 Å². The van der Waals surface area contributed by atoms with Crippen molar-refractivity contribution >= 4 is 6.29 Å². The summed E-state index contributed by atoms with van der Waals surface area (Å²) in [6, 6.07) is 0. The van der Waals surface area contributed by atoms with Crippen LogP contribution < -0.4 is 0 Å². The molecule has 0 N–H and O–H groups in total. The van der Waals surface area contributed by atoms with Gasteiger partial charge in [0.1, 0.15) is 6.29 Å². The number of hydrogen-bond donors (Lipinski definition) is 0. The monoisotopic (exact) mass is 324 g/mol. The van der Waals surface area contributed by atoms with Gasteiger partial charge in [0.2, 0.25) is 0 Å². The molecule has 8 saturated carbocycles. The second-order valence-corrected chi connectivity index (χ2v) is 10.7. The Morgan fingerprint density at radius 2 is 1.00 bits per heavy atom. The van der Waals surface area contributed by atoms with Crippen LogP contribution in [0.4, 0.5) is 0 Å². The molecule has 0 aromatic carbocycles. The van der Waals surface area contributed by atoms with Crippen molar-refractivity contribution in [3.63, 3.8) is 0 Å². The molecule has 8 rings (SSSR count). The molecule has 24 heavy (non-hydrogen) atoms.